The van der Waals surface area contributed by atoms with E-state index in [0.717, 1.165) is 43.7 Å². The molecule has 3 fully saturated rings. The van der Waals surface area contributed by atoms with E-state index < -0.39 is 0 Å². The monoisotopic (exact) mass is 347 g/mol. The lowest BCUT2D eigenvalue weighted by Gasteiger charge is -2.32. The van der Waals surface area contributed by atoms with Gasteiger partial charge in [0.15, 0.2) is 0 Å². The Morgan fingerprint density at radius 1 is 1.21 bits per heavy atom. The lowest BCUT2D eigenvalue weighted by molar-refractivity contribution is -0.136. The van der Waals surface area contributed by atoms with Crippen LogP contribution >= 0.6 is 11.3 Å². The molecule has 0 bridgehead atoms. The number of likely N-dealkylation sites (tertiary alicyclic amines) is 1. The van der Waals surface area contributed by atoms with E-state index in [1.54, 1.807) is 11.3 Å². The molecule has 0 unspecified atom stereocenters. The number of carbonyl (C=O) groups excluding carboxylic acids is 2. The average Bonchev–Trinajstić information content (AvgIpc) is 3.53. The van der Waals surface area contributed by atoms with Gasteiger partial charge in [-0.2, -0.15) is 0 Å². The van der Waals surface area contributed by atoms with Crippen molar-refractivity contribution in [2.75, 3.05) is 19.6 Å². The number of carbonyl (C=O) groups is 2. The van der Waals surface area contributed by atoms with Crippen molar-refractivity contribution in [2.24, 2.45) is 11.8 Å². The summed E-state index contributed by atoms with van der Waals surface area (Å²) in [4.78, 5) is 31.1. The van der Waals surface area contributed by atoms with E-state index in [9.17, 15) is 9.59 Å². The first kappa shape index (κ1) is 16.1. The summed E-state index contributed by atoms with van der Waals surface area (Å²) in [5, 5.41) is 6.33. The van der Waals surface area contributed by atoms with Crippen LogP contribution in [0.4, 0.5) is 0 Å². The van der Waals surface area contributed by atoms with Crippen molar-refractivity contribution < 1.29 is 9.59 Å². The number of aromatic nitrogens is 1. The highest BCUT2D eigenvalue weighted by Crippen LogP contribution is 2.40. The van der Waals surface area contributed by atoms with Crippen LogP contribution in [0.15, 0.2) is 5.38 Å². The summed E-state index contributed by atoms with van der Waals surface area (Å²) in [5.74, 6) is 1.27. The second kappa shape index (κ2) is 6.82. The highest BCUT2D eigenvalue weighted by molar-refractivity contribution is 7.09. The van der Waals surface area contributed by atoms with Crippen molar-refractivity contribution in [3.8, 4) is 0 Å². The molecular formula is C18H25N3O2S. The van der Waals surface area contributed by atoms with Gasteiger partial charge in [-0.1, -0.05) is 0 Å². The molecule has 1 aromatic rings. The van der Waals surface area contributed by atoms with E-state index in [-0.39, 0.29) is 23.7 Å². The largest absolute Gasteiger partial charge is 0.355 e. The van der Waals surface area contributed by atoms with Gasteiger partial charge in [0.1, 0.15) is 0 Å². The Morgan fingerprint density at radius 2 is 2.04 bits per heavy atom. The number of nitrogens with zero attached hydrogens (tertiary/aromatic N) is 2. The highest BCUT2D eigenvalue weighted by Gasteiger charge is 2.36. The molecule has 0 radical (unpaired) electrons. The molecule has 1 N–H and O–H groups in total. The Bertz CT molecular complexity index is 622. The topological polar surface area (TPSA) is 62.3 Å². The normalized spacial score (nSPS) is 24.0. The molecule has 3 aliphatic rings. The SMILES string of the molecule is O=C(NCCc1nc(C2CC2)cs1)[C@H]1CCCN(C(=O)C2CC2)C1. The third-order valence-corrected chi connectivity index (χ3v) is 6.16. The maximum absolute atomic E-state index is 12.4. The van der Waals surface area contributed by atoms with E-state index in [1.807, 2.05) is 4.90 Å². The molecule has 0 aromatic carbocycles. The summed E-state index contributed by atoms with van der Waals surface area (Å²) in [5.41, 5.74) is 1.24. The molecule has 1 aliphatic heterocycles. The Labute approximate surface area is 146 Å². The number of amides is 2. The van der Waals surface area contributed by atoms with Gasteiger partial charge in [0.25, 0.3) is 0 Å². The summed E-state index contributed by atoms with van der Waals surface area (Å²) in [7, 11) is 0. The van der Waals surface area contributed by atoms with Gasteiger partial charge in [0.05, 0.1) is 16.6 Å². The molecule has 24 heavy (non-hydrogen) atoms. The average molecular weight is 347 g/mol. The maximum Gasteiger partial charge on any atom is 0.225 e. The number of thiazole rings is 1. The van der Waals surface area contributed by atoms with Gasteiger partial charge in [-0.25, -0.2) is 4.98 Å². The van der Waals surface area contributed by atoms with Gasteiger partial charge < -0.3 is 10.2 Å². The Kier molecular flexibility index (Phi) is 4.57. The van der Waals surface area contributed by atoms with Gasteiger partial charge in [-0.15, -0.1) is 11.3 Å². The van der Waals surface area contributed by atoms with Crippen molar-refractivity contribution in [3.05, 3.63) is 16.1 Å². The van der Waals surface area contributed by atoms with Gasteiger partial charge in [0, 0.05) is 43.3 Å². The van der Waals surface area contributed by atoms with Gasteiger partial charge in [-0.3, -0.25) is 9.59 Å². The van der Waals surface area contributed by atoms with Crippen LogP contribution in [0.25, 0.3) is 0 Å². The van der Waals surface area contributed by atoms with E-state index >= 15 is 0 Å². The van der Waals surface area contributed by atoms with Crippen LogP contribution in [-0.4, -0.2) is 41.3 Å². The van der Waals surface area contributed by atoms with E-state index in [2.05, 4.69) is 15.7 Å². The second-order valence-electron chi connectivity index (χ2n) is 7.38. The van der Waals surface area contributed by atoms with Crippen LogP contribution in [0.3, 0.4) is 0 Å². The van der Waals surface area contributed by atoms with Crippen LogP contribution in [-0.2, 0) is 16.0 Å². The molecule has 130 valence electrons. The number of hydrogen-bond acceptors (Lipinski definition) is 4. The third-order valence-electron chi connectivity index (χ3n) is 5.23. The minimum Gasteiger partial charge on any atom is -0.355 e. The Morgan fingerprint density at radius 3 is 2.79 bits per heavy atom. The van der Waals surface area contributed by atoms with Crippen LogP contribution in [0.5, 0.6) is 0 Å². The summed E-state index contributed by atoms with van der Waals surface area (Å²) in [6.07, 6.45) is 7.25. The van der Waals surface area contributed by atoms with Crippen molar-refractivity contribution in [1.82, 2.24) is 15.2 Å². The van der Waals surface area contributed by atoms with Crippen LogP contribution in [0, 0.1) is 11.8 Å². The molecule has 5 nitrogen and oxygen atoms in total. The minimum atomic E-state index is -0.0419. The molecule has 1 atom stereocenters. The van der Waals surface area contributed by atoms with Crippen LogP contribution < -0.4 is 5.32 Å². The summed E-state index contributed by atoms with van der Waals surface area (Å²) in [6, 6.07) is 0. The fraction of sp³-hybridized carbons (Fsp3) is 0.722. The Hall–Kier alpha value is -1.43. The quantitative estimate of drug-likeness (QED) is 0.859. The lowest BCUT2D eigenvalue weighted by atomic mass is 9.96. The van der Waals surface area contributed by atoms with Gasteiger partial charge in [-0.05, 0) is 38.5 Å². The molecule has 4 rings (SSSR count). The molecule has 2 aliphatic carbocycles. The van der Waals surface area contributed by atoms with E-state index in [4.69, 9.17) is 0 Å². The van der Waals surface area contributed by atoms with Crippen molar-refractivity contribution in [3.63, 3.8) is 0 Å². The summed E-state index contributed by atoms with van der Waals surface area (Å²) in [6.45, 7) is 2.07. The first-order chi connectivity index (χ1) is 11.7. The smallest absolute Gasteiger partial charge is 0.225 e. The summed E-state index contributed by atoms with van der Waals surface area (Å²) >= 11 is 1.70. The highest BCUT2D eigenvalue weighted by atomic mass is 32.1. The zero-order valence-corrected chi connectivity index (χ0v) is 14.8. The number of rotatable bonds is 6. The molecule has 6 heteroatoms. The third kappa shape index (κ3) is 3.79. The molecular weight excluding hydrogens is 322 g/mol. The Balaban J connectivity index is 1.22. The summed E-state index contributed by atoms with van der Waals surface area (Å²) < 4.78 is 0. The molecule has 2 heterocycles. The molecule has 1 saturated heterocycles. The molecule has 1 aromatic heterocycles. The minimum absolute atomic E-state index is 0.0419. The first-order valence-corrected chi connectivity index (χ1v) is 10.1. The van der Waals surface area contributed by atoms with Crippen molar-refractivity contribution in [2.45, 2.75) is 50.9 Å². The predicted molar refractivity (Wildman–Crippen MR) is 92.8 cm³/mol. The molecule has 2 saturated carbocycles. The number of nitrogens with one attached hydrogen (secondary N) is 1. The maximum atomic E-state index is 12.4. The molecule has 2 amide bonds. The van der Waals surface area contributed by atoms with Crippen molar-refractivity contribution >= 4 is 23.2 Å². The fourth-order valence-corrected chi connectivity index (χ4v) is 4.30. The van der Waals surface area contributed by atoms with Gasteiger partial charge >= 0.3 is 0 Å². The predicted octanol–water partition coefficient (Wildman–Crippen LogP) is 2.33. The first-order valence-electron chi connectivity index (χ1n) is 9.21. The van der Waals surface area contributed by atoms with E-state index in [1.165, 1.54) is 18.5 Å². The van der Waals surface area contributed by atoms with Crippen molar-refractivity contribution in [1.29, 1.82) is 0 Å². The fourth-order valence-electron chi connectivity index (χ4n) is 3.42. The van der Waals surface area contributed by atoms with E-state index in [0.29, 0.717) is 19.0 Å². The lowest BCUT2D eigenvalue weighted by Crippen LogP contribution is -2.46. The van der Waals surface area contributed by atoms with Crippen LogP contribution in [0.1, 0.15) is 55.1 Å². The zero-order chi connectivity index (χ0) is 16.5. The second-order valence-corrected chi connectivity index (χ2v) is 8.32. The number of hydrogen-bond donors (Lipinski definition) is 1. The van der Waals surface area contributed by atoms with Gasteiger partial charge in [0.2, 0.25) is 11.8 Å². The van der Waals surface area contributed by atoms with Crippen LogP contribution in [0.2, 0.25) is 0 Å². The standard InChI is InChI=1S/C18H25N3O2S/c22-17(14-2-1-9-21(10-14)18(23)13-5-6-13)19-8-7-16-20-15(11-24-16)12-3-4-12/h11-14H,1-10H2,(H,19,22)/t14-/m0/s1. The zero-order valence-electron chi connectivity index (χ0n) is 14.0. The molecule has 0 spiro atoms. The number of piperidine rings is 1.